The SMILES string of the molecule is O=C(CCCCC(CCCCC(=O)OC1CCCCCCCCCCCCCC1)OC(=O)CCc1noc(=O)[nH]1)OC1CCCCCCCCCCCCCC1. The average molecular weight is 789 g/mol. The van der Waals surface area contributed by atoms with Gasteiger partial charge >= 0.3 is 23.7 Å². The van der Waals surface area contributed by atoms with Gasteiger partial charge in [0.15, 0.2) is 5.82 Å². The van der Waals surface area contributed by atoms with Crippen LogP contribution in [0.4, 0.5) is 0 Å². The summed E-state index contributed by atoms with van der Waals surface area (Å²) in [4.78, 5) is 52.4. The molecule has 1 heterocycles. The Bertz CT molecular complexity index is 1110. The largest absolute Gasteiger partial charge is 0.462 e. The Labute approximate surface area is 339 Å². The molecule has 10 heteroatoms. The van der Waals surface area contributed by atoms with Crippen molar-refractivity contribution in [2.75, 3.05) is 0 Å². The molecule has 1 N–H and O–H groups in total. The maximum Gasteiger partial charge on any atom is 0.438 e. The average Bonchev–Trinajstić information content (AvgIpc) is 3.60. The molecule has 322 valence electrons. The lowest BCUT2D eigenvalue weighted by molar-refractivity contribution is -0.152. The van der Waals surface area contributed by atoms with E-state index in [1.54, 1.807) is 0 Å². The number of rotatable bonds is 16. The molecule has 0 radical (unpaired) electrons. The molecule has 2 saturated carbocycles. The molecule has 0 spiro atoms. The second kappa shape index (κ2) is 32.3. The predicted octanol–water partition coefficient (Wildman–Crippen LogP) is 12.1. The zero-order valence-electron chi connectivity index (χ0n) is 35.3. The number of carbonyl (C=O) groups is 3. The second-order valence-electron chi connectivity index (χ2n) is 17.0. The normalized spacial score (nSPS) is 19.2. The van der Waals surface area contributed by atoms with E-state index in [4.69, 9.17) is 14.2 Å². The van der Waals surface area contributed by atoms with Crippen LogP contribution in [0.15, 0.2) is 9.32 Å². The third kappa shape index (κ3) is 25.6. The number of hydrogen-bond donors (Lipinski definition) is 1. The molecule has 1 aromatic heterocycles. The minimum atomic E-state index is -0.650. The van der Waals surface area contributed by atoms with Gasteiger partial charge in [0.2, 0.25) is 0 Å². The number of carbonyl (C=O) groups excluding carboxylic acids is 3. The van der Waals surface area contributed by atoms with E-state index in [-0.39, 0.29) is 49.1 Å². The fourth-order valence-electron chi connectivity index (χ4n) is 8.42. The van der Waals surface area contributed by atoms with Crippen molar-refractivity contribution in [3.63, 3.8) is 0 Å². The van der Waals surface area contributed by atoms with Gasteiger partial charge in [0, 0.05) is 19.3 Å². The van der Waals surface area contributed by atoms with Gasteiger partial charge in [0.1, 0.15) is 18.3 Å². The third-order valence-corrected chi connectivity index (χ3v) is 11.9. The van der Waals surface area contributed by atoms with E-state index in [2.05, 4.69) is 14.7 Å². The molecule has 1 aromatic rings. The molecule has 0 bridgehead atoms. The molecule has 0 saturated heterocycles. The Morgan fingerprint density at radius 3 is 1.21 bits per heavy atom. The van der Waals surface area contributed by atoms with Crippen molar-refractivity contribution in [1.82, 2.24) is 10.1 Å². The number of aromatic nitrogens is 2. The van der Waals surface area contributed by atoms with Crippen LogP contribution in [0.5, 0.6) is 0 Å². The van der Waals surface area contributed by atoms with Crippen molar-refractivity contribution in [1.29, 1.82) is 0 Å². The molecular formula is C46H80N2O8. The van der Waals surface area contributed by atoms with E-state index >= 15 is 0 Å². The topological polar surface area (TPSA) is 138 Å². The van der Waals surface area contributed by atoms with Crippen molar-refractivity contribution in [2.24, 2.45) is 0 Å². The molecule has 10 nitrogen and oxygen atoms in total. The van der Waals surface area contributed by atoms with Crippen LogP contribution in [-0.2, 0) is 35.0 Å². The molecule has 2 aliphatic carbocycles. The van der Waals surface area contributed by atoms with Crippen LogP contribution in [0.3, 0.4) is 0 Å². The monoisotopic (exact) mass is 789 g/mol. The first-order chi connectivity index (χ1) is 27.5. The minimum absolute atomic E-state index is 0.0155. The summed E-state index contributed by atoms with van der Waals surface area (Å²) in [5, 5.41) is 3.64. The van der Waals surface area contributed by atoms with Crippen LogP contribution in [-0.4, -0.2) is 46.4 Å². The summed E-state index contributed by atoms with van der Waals surface area (Å²) in [6.07, 6.45) is 39.2. The van der Waals surface area contributed by atoms with E-state index in [0.29, 0.717) is 44.3 Å². The molecule has 3 rings (SSSR count). The molecule has 0 aromatic carbocycles. The van der Waals surface area contributed by atoms with Crippen molar-refractivity contribution in [2.45, 2.75) is 262 Å². The Balaban J connectivity index is 1.41. The summed E-state index contributed by atoms with van der Waals surface area (Å²) < 4.78 is 22.5. The van der Waals surface area contributed by atoms with Gasteiger partial charge in [-0.15, -0.1) is 0 Å². The number of nitrogens with one attached hydrogen (secondary N) is 1. The number of hydrogen-bond acceptors (Lipinski definition) is 9. The summed E-state index contributed by atoms with van der Waals surface area (Å²) in [6, 6.07) is 0. The van der Waals surface area contributed by atoms with E-state index in [0.717, 1.165) is 64.2 Å². The highest BCUT2D eigenvalue weighted by Crippen LogP contribution is 2.22. The lowest BCUT2D eigenvalue weighted by atomic mass is 10.0. The van der Waals surface area contributed by atoms with E-state index in [9.17, 15) is 19.2 Å². The number of aryl methyl sites for hydroxylation is 1. The summed E-state index contributed by atoms with van der Waals surface area (Å²) in [5.41, 5.74) is 0. The van der Waals surface area contributed by atoms with E-state index < -0.39 is 5.76 Å². The van der Waals surface area contributed by atoms with Crippen molar-refractivity contribution in [3.8, 4) is 0 Å². The predicted molar refractivity (Wildman–Crippen MR) is 221 cm³/mol. The summed E-state index contributed by atoms with van der Waals surface area (Å²) in [6.45, 7) is 0. The van der Waals surface area contributed by atoms with Crippen LogP contribution >= 0.6 is 0 Å². The fourth-order valence-corrected chi connectivity index (χ4v) is 8.42. The van der Waals surface area contributed by atoms with Crippen molar-refractivity contribution >= 4 is 17.9 Å². The van der Waals surface area contributed by atoms with Gasteiger partial charge in [-0.25, -0.2) is 4.79 Å². The molecular weight excluding hydrogens is 709 g/mol. The maximum atomic E-state index is 12.9. The molecule has 0 amide bonds. The third-order valence-electron chi connectivity index (χ3n) is 11.9. The zero-order chi connectivity index (χ0) is 39.7. The highest BCUT2D eigenvalue weighted by molar-refractivity contribution is 5.70. The summed E-state index contributed by atoms with van der Waals surface area (Å²) in [7, 11) is 0. The number of esters is 3. The first-order valence-electron chi connectivity index (χ1n) is 23.6. The van der Waals surface area contributed by atoms with Gasteiger partial charge in [0.25, 0.3) is 0 Å². The van der Waals surface area contributed by atoms with Crippen LogP contribution in [0, 0.1) is 0 Å². The zero-order valence-corrected chi connectivity index (χ0v) is 35.3. The smallest absolute Gasteiger partial charge is 0.438 e. The van der Waals surface area contributed by atoms with Gasteiger partial charge in [-0.2, -0.15) is 0 Å². The Hall–Kier alpha value is -2.65. The van der Waals surface area contributed by atoms with Gasteiger partial charge < -0.3 is 14.2 Å². The van der Waals surface area contributed by atoms with Crippen molar-refractivity contribution in [3.05, 3.63) is 16.4 Å². The van der Waals surface area contributed by atoms with Gasteiger partial charge in [-0.3, -0.25) is 23.9 Å². The summed E-state index contributed by atoms with van der Waals surface area (Å²) >= 11 is 0. The number of H-pyrrole nitrogens is 1. The summed E-state index contributed by atoms with van der Waals surface area (Å²) in [5.74, 6) is -0.949. The lowest BCUT2D eigenvalue weighted by Gasteiger charge is -2.20. The minimum Gasteiger partial charge on any atom is -0.462 e. The van der Waals surface area contributed by atoms with E-state index in [1.165, 1.54) is 128 Å². The Morgan fingerprint density at radius 2 is 0.875 bits per heavy atom. The van der Waals surface area contributed by atoms with Crippen molar-refractivity contribution < 1.29 is 33.1 Å². The number of nitrogens with zero attached hydrogens (tertiary/aromatic N) is 1. The molecule has 0 unspecified atom stereocenters. The standard InChI is InChI=1S/C46H80N2O8/c49-43(53-39-29-21-17-13-9-5-1-2-6-10-14-18-22-30-39)35-27-25-33-41(55-45(51)38-37-42-47-46(52)56-48-42)34-26-28-36-44(50)54-40-31-23-19-15-11-7-3-4-8-12-16-20-24-32-40/h39-41H,1-38H2,(H,47,48,52). The van der Waals surface area contributed by atoms with Gasteiger partial charge in [-0.1, -0.05) is 134 Å². The first kappa shape index (κ1) is 47.7. The quantitative estimate of drug-likeness (QED) is 0.0985. The van der Waals surface area contributed by atoms with Crippen LogP contribution < -0.4 is 5.76 Å². The van der Waals surface area contributed by atoms with E-state index in [1.807, 2.05) is 0 Å². The molecule has 2 aliphatic rings. The number of aromatic amines is 1. The fraction of sp³-hybridized carbons (Fsp3) is 0.891. The Morgan fingerprint density at radius 1 is 0.518 bits per heavy atom. The first-order valence-corrected chi connectivity index (χ1v) is 23.6. The lowest BCUT2D eigenvalue weighted by Crippen LogP contribution is -2.20. The highest BCUT2D eigenvalue weighted by Gasteiger charge is 2.19. The number of ether oxygens (including phenoxy) is 3. The maximum absolute atomic E-state index is 12.9. The van der Waals surface area contributed by atoms with Crippen LogP contribution in [0.2, 0.25) is 0 Å². The molecule has 0 aliphatic heterocycles. The van der Waals surface area contributed by atoms with Gasteiger partial charge in [-0.05, 0) is 89.9 Å². The Kier molecular flexibility index (Phi) is 27.5. The second-order valence-corrected chi connectivity index (χ2v) is 17.0. The number of unbranched alkanes of at least 4 members (excludes halogenated alkanes) is 2. The van der Waals surface area contributed by atoms with Gasteiger partial charge in [0.05, 0.1) is 6.42 Å². The molecule has 56 heavy (non-hydrogen) atoms. The van der Waals surface area contributed by atoms with Crippen LogP contribution in [0.1, 0.15) is 243 Å². The highest BCUT2D eigenvalue weighted by atomic mass is 16.6. The van der Waals surface area contributed by atoms with Crippen LogP contribution in [0.25, 0.3) is 0 Å². The molecule has 2 fully saturated rings. The molecule has 0 atom stereocenters.